The minimum Gasteiger partial charge on any atom is -0.399 e. The van der Waals surface area contributed by atoms with Gasteiger partial charge in [-0.1, -0.05) is 0 Å². The van der Waals surface area contributed by atoms with E-state index in [2.05, 4.69) is 5.10 Å². The molecule has 1 aliphatic rings. The third kappa shape index (κ3) is 2.20. The first-order chi connectivity index (χ1) is 8.27. The smallest absolute Gasteiger partial charge is 0.399 e. The second-order valence-electron chi connectivity index (χ2n) is 5.68. The van der Waals surface area contributed by atoms with Crippen molar-refractivity contribution in [2.45, 2.75) is 52.0 Å². The zero-order valence-electron chi connectivity index (χ0n) is 11.9. The number of rotatable bonds is 3. The fraction of sp³-hybridized carbons (Fsp3) is 0.750. The highest BCUT2D eigenvalue weighted by Crippen LogP contribution is 2.36. The summed E-state index contributed by atoms with van der Waals surface area (Å²) in [5.74, 6) is 0. The number of nitrogens with zero attached hydrogens (tertiary/aromatic N) is 2. The second kappa shape index (κ2) is 4.37. The van der Waals surface area contributed by atoms with Crippen LogP contribution in [0.4, 0.5) is 0 Å². The van der Waals surface area contributed by atoms with E-state index in [0.717, 1.165) is 5.46 Å². The molecular formula is C12H21BN2O3. The van der Waals surface area contributed by atoms with E-state index in [1.165, 1.54) is 0 Å². The van der Waals surface area contributed by atoms with Crippen molar-refractivity contribution < 1.29 is 14.0 Å². The van der Waals surface area contributed by atoms with Crippen LogP contribution >= 0.6 is 0 Å². The maximum absolute atomic E-state index is 5.96. The minimum atomic E-state index is -0.368. The molecule has 1 atom stereocenters. The number of hydrogen-bond donors (Lipinski definition) is 0. The van der Waals surface area contributed by atoms with Crippen LogP contribution in [0.1, 0.15) is 40.8 Å². The van der Waals surface area contributed by atoms with Crippen LogP contribution < -0.4 is 5.46 Å². The summed E-state index contributed by atoms with van der Waals surface area (Å²) in [6.07, 6.45) is 3.56. The highest BCUT2D eigenvalue weighted by molar-refractivity contribution is 6.61. The Balaban J connectivity index is 2.17. The van der Waals surface area contributed by atoms with Gasteiger partial charge in [0.05, 0.1) is 11.2 Å². The second-order valence-corrected chi connectivity index (χ2v) is 5.68. The van der Waals surface area contributed by atoms with E-state index >= 15 is 0 Å². The maximum Gasteiger partial charge on any atom is 0.498 e. The van der Waals surface area contributed by atoms with E-state index < -0.39 is 0 Å². The molecule has 1 saturated heterocycles. The van der Waals surface area contributed by atoms with Crippen molar-refractivity contribution >= 4 is 12.6 Å². The fourth-order valence-corrected chi connectivity index (χ4v) is 1.76. The van der Waals surface area contributed by atoms with Gasteiger partial charge in [0.2, 0.25) is 0 Å². The van der Waals surface area contributed by atoms with Gasteiger partial charge < -0.3 is 14.0 Å². The normalized spacial score (nSPS) is 23.3. The highest BCUT2D eigenvalue weighted by Gasteiger charge is 2.52. The summed E-state index contributed by atoms with van der Waals surface area (Å²) in [4.78, 5) is 0. The van der Waals surface area contributed by atoms with Crippen LogP contribution in [0.3, 0.4) is 0 Å². The quantitative estimate of drug-likeness (QED) is 0.762. The number of ether oxygens (including phenoxy) is 1. The maximum atomic E-state index is 5.96. The Bertz CT molecular complexity index is 415. The molecule has 6 heteroatoms. The first-order valence-corrected chi connectivity index (χ1v) is 6.19. The monoisotopic (exact) mass is 252 g/mol. The molecule has 0 radical (unpaired) electrons. The Kier molecular flexibility index (Phi) is 3.29. The number of aromatic nitrogens is 2. The summed E-state index contributed by atoms with van der Waals surface area (Å²) >= 11 is 0. The Morgan fingerprint density at radius 3 is 2.33 bits per heavy atom. The first kappa shape index (κ1) is 13.6. The standard InChI is InChI=1S/C12H21BN2O3/c1-9(16-6)15-8-10(7-14-15)13-17-11(2,3)12(4,5)18-13/h7-9H,1-6H3. The zero-order valence-corrected chi connectivity index (χ0v) is 11.9. The summed E-state index contributed by atoms with van der Waals surface area (Å²) in [6.45, 7) is 10.1. The lowest BCUT2D eigenvalue weighted by molar-refractivity contribution is 0.00578. The fourth-order valence-electron chi connectivity index (χ4n) is 1.76. The lowest BCUT2D eigenvalue weighted by atomic mass is 9.82. The average Bonchev–Trinajstić information content (AvgIpc) is 2.82. The largest absolute Gasteiger partial charge is 0.498 e. The molecule has 1 fully saturated rings. The van der Waals surface area contributed by atoms with Crippen molar-refractivity contribution in [2.75, 3.05) is 7.11 Å². The van der Waals surface area contributed by atoms with Gasteiger partial charge in [-0.25, -0.2) is 4.68 Å². The van der Waals surface area contributed by atoms with Crippen molar-refractivity contribution in [3.8, 4) is 0 Å². The molecule has 0 amide bonds. The summed E-state index contributed by atoms with van der Waals surface area (Å²) < 4.78 is 18.9. The van der Waals surface area contributed by atoms with Crippen molar-refractivity contribution in [1.29, 1.82) is 0 Å². The van der Waals surface area contributed by atoms with Gasteiger partial charge in [0.1, 0.15) is 6.23 Å². The lowest BCUT2D eigenvalue weighted by Gasteiger charge is -2.32. The van der Waals surface area contributed by atoms with E-state index in [1.54, 1.807) is 18.0 Å². The minimum absolute atomic E-state index is 0.0961. The third-order valence-electron chi connectivity index (χ3n) is 3.86. The van der Waals surface area contributed by atoms with Gasteiger partial charge in [-0.05, 0) is 34.6 Å². The SMILES string of the molecule is COC(C)n1cc(B2OC(C)(C)C(C)(C)O2)cn1. The van der Waals surface area contributed by atoms with Crippen molar-refractivity contribution in [3.63, 3.8) is 0 Å². The summed E-state index contributed by atoms with van der Waals surface area (Å²) in [7, 11) is 1.29. The number of methoxy groups -OCH3 is 1. The van der Waals surface area contributed by atoms with Crippen molar-refractivity contribution in [2.24, 2.45) is 0 Å². The van der Waals surface area contributed by atoms with Crippen LogP contribution in [0.15, 0.2) is 12.4 Å². The van der Waals surface area contributed by atoms with Crippen LogP contribution in [0, 0.1) is 0 Å². The molecule has 0 N–H and O–H groups in total. The molecule has 18 heavy (non-hydrogen) atoms. The molecule has 1 aromatic rings. The van der Waals surface area contributed by atoms with Gasteiger partial charge in [0, 0.05) is 25.0 Å². The van der Waals surface area contributed by atoms with Gasteiger partial charge in [0.25, 0.3) is 0 Å². The Morgan fingerprint density at radius 1 is 1.28 bits per heavy atom. The van der Waals surface area contributed by atoms with Crippen LogP contribution in [0.5, 0.6) is 0 Å². The topological polar surface area (TPSA) is 45.5 Å². The van der Waals surface area contributed by atoms with Crippen LogP contribution in [0.2, 0.25) is 0 Å². The van der Waals surface area contributed by atoms with Gasteiger partial charge in [0.15, 0.2) is 0 Å². The Hall–Kier alpha value is -0.845. The summed E-state index contributed by atoms with van der Waals surface area (Å²) in [5.41, 5.74) is 0.261. The molecule has 100 valence electrons. The predicted octanol–water partition coefficient (Wildman–Crippen LogP) is 1.35. The molecule has 0 saturated carbocycles. The van der Waals surface area contributed by atoms with Crippen molar-refractivity contribution in [1.82, 2.24) is 9.78 Å². The predicted molar refractivity (Wildman–Crippen MR) is 69.7 cm³/mol. The van der Waals surface area contributed by atoms with Crippen molar-refractivity contribution in [3.05, 3.63) is 12.4 Å². The Morgan fingerprint density at radius 2 is 1.83 bits per heavy atom. The molecular weight excluding hydrogens is 231 g/mol. The average molecular weight is 252 g/mol. The zero-order chi connectivity index (χ0) is 13.6. The molecule has 5 nitrogen and oxygen atoms in total. The molecule has 0 bridgehead atoms. The van der Waals surface area contributed by atoms with E-state index in [9.17, 15) is 0 Å². The van der Waals surface area contributed by atoms with E-state index in [-0.39, 0.29) is 24.5 Å². The lowest BCUT2D eigenvalue weighted by Crippen LogP contribution is -2.41. The summed E-state index contributed by atoms with van der Waals surface area (Å²) in [5, 5.41) is 4.26. The van der Waals surface area contributed by atoms with Crippen LogP contribution in [-0.2, 0) is 14.0 Å². The molecule has 1 unspecified atom stereocenters. The third-order valence-corrected chi connectivity index (χ3v) is 3.86. The molecule has 2 rings (SSSR count). The molecule has 0 spiro atoms. The van der Waals surface area contributed by atoms with E-state index in [4.69, 9.17) is 14.0 Å². The molecule has 1 aliphatic heterocycles. The van der Waals surface area contributed by atoms with Crippen LogP contribution in [-0.4, -0.2) is 35.2 Å². The Labute approximate surface area is 109 Å². The van der Waals surface area contributed by atoms with Gasteiger partial charge in [-0.15, -0.1) is 0 Å². The van der Waals surface area contributed by atoms with E-state index in [0.29, 0.717) is 0 Å². The van der Waals surface area contributed by atoms with Gasteiger partial charge >= 0.3 is 7.12 Å². The van der Waals surface area contributed by atoms with Crippen LogP contribution in [0.25, 0.3) is 0 Å². The molecule has 2 heterocycles. The molecule has 0 aliphatic carbocycles. The van der Waals surface area contributed by atoms with E-state index in [1.807, 2.05) is 40.8 Å². The van der Waals surface area contributed by atoms with Gasteiger partial charge in [-0.2, -0.15) is 5.10 Å². The van der Waals surface area contributed by atoms with Gasteiger partial charge in [-0.3, -0.25) is 0 Å². The summed E-state index contributed by atoms with van der Waals surface area (Å²) in [6, 6.07) is 0. The highest BCUT2D eigenvalue weighted by atomic mass is 16.7. The number of hydrogen-bond acceptors (Lipinski definition) is 4. The molecule has 1 aromatic heterocycles. The first-order valence-electron chi connectivity index (χ1n) is 6.19. The molecule has 0 aromatic carbocycles.